The van der Waals surface area contributed by atoms with Crippen molar-refractivity contribution in [3.8, 4) is 28.4 Å². The third-order valence-corrected chi connectivity index (χ3v) is 5.92. The molecular formula is C25H30N4O4. The number of nitrogens with two attached hydrogens (primary N) is 2. The fraction of sp³-hybridized carbons (Fsp3) is 0.360. The van der Waals surface area contributed by atoms with Gasteiger partial charge in [-0.05, 0) is 55.5 Å². The number of benzene rings is 2. The zero-order valence-corrected chi connectivity index (χ0v) is 19.0. The van der Waals surface area contributed by atoms with Crippen molar-refractivity contribution < 1.29 is 19.3 Å². The second-order valence-electron chi connectivity index (χ2n) is 8.08. The van der Waals surface area contributed by atoms with E-state index in [1.807, 2.05) is 31.2 Å². The summed E-state index contributed by atoms with van der Waals surface area (Å²) in [6, 6.07) is 10.9. The van der Waals surface area contributed by atoms with Crippen molar-refractivity contribution in [3.05, 3.63) is 53.7 Å². The van der Waals surface area contributed by atoms with Gasteiger partial charge in [0.25, 0.3) is 0 Å². The van der Waals surface area contributed by atoms with Crippen LogP contribution in [0.3, 0.4) is 0 Å². The zero-order valence-electron chi connectivity index (χ0n) is 19.0. The van der Waals surface area contributed by atoms with Crippen molar-refractivity contribution in [2.45, 2.75) is 44.8 Å². The molecule has 1 heterocycles. The van der Waals surface area contributed by atoms with Crippen LogP contribution in [-0.4, -0.2) is 41.0 Å². The van der Waals surface area contributed by atoms with Crippen LogP contribution in [0.1, 0.15) is 37.3 Å². The lowest BCUT2D eigenvalue weighted by atomic mass is 9.96. The number of methoxy groups -OCH3 is 1. The molecule has 0 saturated heterocycles. The Bertz CT molecular complexity index is 1100. The molecule has 2 aromatic carbocycles. The second-order valence-corrected chi connectivity index (χ2v) is 8.08. The first-order valence-electron chi connectivity index (χ1n) is 11.1. The highest BCUT2D eigenvalue weighted by Crippen LogP contribution is 2.44. The predicted molar refractivity (Wildman–Crippen MR) is 127 cm³/mol. The number of aromatic hydroxyl groups is 1. The number of hydrogen-bond donors (Lipinski definition) is 3. The largest absolute Gasteiger partial charge is 0.508 e. The SMILES string of the molecule is CCOc1ccc(Cc2cnc(N)nc2N)c(O[C@@H]2CCC[C@H]2OC)c1-c1ccc(O)cc1. The van der Waals surface area contributed by atoms with Gasteiger partial charge in [0.05, 0.1) is 18.3 Å². The quantitative estimate of drug-likeness (QED) is 0.471. The fourth-order valence-corrected chi connectivity index (χ4v) is 4.28. The fourth-order valence-electron chi connectivity index (χ4n) is 4.28. The molecule has 1 aromatic heterocycles. The van der Waals surface area contributed by atoms with Gasteiger partial charge in [-0.1, -0.05) is 18.2 Å². The van der Waals surface area contributed by atoms with Gasteiger partial charge in [-0.3, -0.25) is 0 Å². The third kappa shape index (κ3) is 4.96. The summed E-state index contributed by atoms with van der Waals surface area (Å²) >= 11 is 0. The van der Waals surface area contributed by atoms with Crippen LogP contribution in [0.25, 0.3) is 11.1 Å². The lowest BCUT2D eigenvalue weighted by Gasteiger charge is -2.25. The van der Waals surface area contributed by atoms with Gasteiger partial charge in [0, 0.05) is 25.3 Å². The lowest BCUT2D eigenvalue weighted by Crippen LogP contribution is -2.28. The molecule has 2 atom stereocenters. The Morgan fingerprint density at radius 3 is 2.48 bits per heavy atom. The van der Waals surface area contributed by atoms with Gasteiger partial charge in [-0.2, -0.15) is 4.98 Å². The van der Waals surface area contributed by atoms with E-state index in [9.17, 15) is 5.11 Å². The minimum Gasteiger partial charge on any atom is -0.508 e. The van der Waals surface area contributed by atoms with E-state index in [0.29, 0.717) is 30.3 Å². The summed E-state index contributed by atoms with van der Waals surface area (Å²) in [5.41, 5.74) is 15.2. The van der Waals surface area contributed by atoms with Crippen molar-refractivity contribution in [1.82, 2.24) is 9.97 Å². The normalized spacial score (nSPS) is 17.8. The molecule has 0 spiro atoms. The average Bonchev–Trinajstić information content (AvgIpc) is 3.25. The van der Waals surface area contributed by atoms with E-state index in [1.165, 1.54) is 0 Å². The summed E-state index contributed by atoms with van der Waals surface area (Å²) in [7, 11) is 1.72. The maximum Gasteiger partial charge on any atom is 0.221 e. The molecule has 33 heavy (non-hydrogen) atoms. The summed E-state index contributed by atoms with van der Waals surface area (Å²) in [5, 5.41) is 9.83. The molecule has 5 N–H and O–H groups in total. The van der Waals surface area contributed by atoms with Gasteiger partial charge in [-0.15, -0.1) is 0 Å². The minimum atomic E-state index is -0.0819. The number of phenols is 1. The molecule has 8 heteroatoms. The first-order chi connectivity index (χ1) is 16.0. The van der Waals surface area contributed by atoms with Gasteiger partial charge in [0.15, 0.2) is 0 Å². The topological polar surface area (TPSA) is 126 Å². The van der Waals surface area contributed by atoms with Crippen molar-refractivity contribution >= 4 is 11.8 Å². The Hall–Kier alpha value is -3.52. The molecule has 0 radical (unpaired) electrons. The van der Waals surface area contributed by atoms with E-state index in [0.717, 1.165) is 41.5 Å². The molecule has 1 saturated carbocycles. The number of nitrogens with zero attached hydrogens (tertiary/aromatic N) is 2. The number of anilines is 2. The van der Waals surface area contributed by atoms with Crippen molar-refractivity contribution in [3.63, 3.8) is 0 Å². The van der Waals surface area contributed by atoms with Crippen molar-refractivity contribution in [2.24, 2.45) is 0 Å². The number of nitrogen functional groups attached to an aromatic ring is 2. The number of rotatable bonds is 8. The maximum atomic E-state index is 9.83. The predicted octanol–water partition coefficient (Wildman–Crippen LogP) is 3.95. The second kappa shape index (κ2) is 9.95. The molecule has 174 valence electrons. The van der Waals surface area contributed by atoms with Crippen LogP contribution < -0.4 is 20.9 Å². The summed E-state index contributed by atoms with van der Waals surface area (Å²) in [6.45, 7) is 2.45. The smallest absolute Gasteiger partial charge is 0.221 e. The van der Waals surface area contributed by atoms with E-state index < -0.39 is 0 Å². The molecule has 1 aliphatic carbocycles. The number of aromatic nitrogens is 2. The van der Waals surface area contributed by atoms with Gasteiger partial charge in [0.1, 0.15) is 29.2 Å². The van der Waals surface area contributed by atoms with Crippen LogP contribution >= 0.6 is 0 Å². The molecule has 0 bridgehead atoms. The molecule has 3 aromatic rings. The van der Waals surface area contributed by atoms with Gasteiger partial charge >= 0.3 is 0 Å². The summed E-state index contributed by atoms with van der Waals surface area (Å²) < 4.78 is 18.3. The monoisotopic (exact) mass is 450 g/mol. The van der Waals surface area contributed by atoms with Crippen LogP contribution in [0.2, 0.25) is 0 Å². The Morgan fingerprint density at radius 1 is 1.03 bits per heavy atom. The van der Waals surface area contributed by atoms with Gasteiger partial charge in [0.2, 0.25) is 5.95 Å². The average molecular weight is 451 g/mol. The molecule has 4 rings (SSSR count). The molecule has 1 aliphatic rings. The lowest BCUT2D eigenvalue weighted by molar-refractivity contribution is 0.0227. The highest BCUT2D eigenvalue weighted by atomic mass is 16.5. The van der Waals surface area contributed by atoms with Gasteiger partial charge in [-0.25, -0.2) is 4.98 Å². The van der Waals surface area contributed by atoms with E-state index in [-0.39, 0.29) is 23.9 Å². The molecule has 1 fully saturated rings. The third-order valence-electron chi connectivity index (χ3n) is 5.92. The van der Waals surface area contributed by atoms with Crippen LogP contribution in [-0.2, 0) is 11.2 Å². The zero-order chi connectivity index (χ0) is 23.4. The number of hydrogen-bond acceptors (Lipinski definition) is 8. The van der Waals surface area contributed by atoms with Gasteiger partial charge < -0.3 is 30.8 Å². The standard InChI is InChI=1S/C25H30N4O4/c1-3-32-21-12-9-16(13-17-14-28-25(27)29-24(17)26)23(33-20-6-4-5-19(20)31-2)22(21)15-7-10-18(30)11-8-15/h7-12,14,19-20,30H,3-6,13H2,1-2H3,(H4,26,27,28,29)/t19-,20-/m1/s1. The Balaban J connectivity index is 1.85. The molecule has 8 nitrogen and oxygen atoms in total. The molecule has 0 aliphatic heterocycles. The number of phenolic OH excluding ortho intramolecular Hbond substituents is 1. The summed E-state index contributed by atoms with van der Waals surface area (Å²) in [6.07, 6.45) is 4.94. The Morgan fingerprint density at radius 2 is 1.79 bits per heavy atom. The summed E-state index contributed by atoms with van der Waals surface area (Å²) in [4.78, 5) is 8.20. The summed E-state index contributed by atoms with van der Waals surface area (Å²) in [5.74, 6) is 2.08. The van der Waals surface area contributed by atoms with Crippen molar-refractivity contribution in [2.75, 3.05) is 25.2 Å². The van der Waals surface area contributed by atoms with E-state index in [2.05, 4.69) is 9.97 Å². The highest BCUT2D eigenvalue weighted by Gasteiger charge is 2.31. The minimum absolute atomic E-state index is 0.0196. The van der Waals surface area contributed by atoms with Crippen LogP contribution in [0.15, 0.2) is 42.6 Å². The van der Waals surface area contributed by atoms with Crippen LogP contribution in [0.5, 0.6) is 17.2 Å². The Kier molecular flexibility index (Phi) is 6.84. The first kappa shape index (κ1) is 22.7. The van der Waals surface area contributed by atoms with E-state index in [1.54, 1.807) is 25.4 Å². The van der Waals surface area contributed by atoms with E-state index >= 15 is 0 Å². The first-order valence-corrected chi connectivity index (χ1v) is 11.1. The molecular weight excluding hydrogens is 420 g/mol. The van der Waals surface area contributed by atoms with Crippen LogP contribution in [0.4, 0.5) is 11.8 Å². The van der Waals surface area contributed by atoms with E-state index in [4.69, 9.17) is 25.7 Å². The maximum absolute atomic E-state index is 9.83. The molecule has 0 amide bonds. The highest BCUT2D eigenvalue weighted by molar-refractivity contribution is 5.79. The molecule has 0 unspecified atom stereocenters. The Labute approximate surface area is 193 Å². The van der Waals surface area contributed by atoms with Crippen LogP contribution in [0, 0.1) is 0 Å². The van der Waals surface area contributed by atoms with Crippen molar-refractivity contribution in [1.29, 1.82) is 0 Å². The number of ether oxygens (including phenoxy) is 3.